The van der Waals surface area contributed by atoms with Crippen LogP contribution >= 0.6 is 15.9 Å². The summed E-state index contributed by atoms with van der Waals surface area (Å²) in [4.78, 5) is 10.8. The van der Waals surface area contributed by atoms with Crippen LogP contribution in [0.15, 0.2) is 28.7 Å². The van der Waals surface area contributed by atoms with Crippen LogP contribution in [-0.4, -0.2) is 17.8 Å². The van der Waals surface area contributed by atoms with Gasteiger partial charge in [-0.25, -0.2) is 0 Å². The van der Waals surface area contributed by atoms with E-state index in [2.05, 4.69) is 15.9 Å². The first kappa shape index (κ1) is 12.2. The van der Waals surface area contributed by atoms with Crippen molar-refractivity contribution in [1.82, 2.24) is 0 Å². The van der Waals surface area contributed by atoms with E-state index in [0.29, 0.717) is 6.42 Å². The summed E-state index contributed by atoms with van der Waals surface area (Å²) in [6.07, 6.45) is 0.428. The third-order valence-corrected chi connectivity index (χ3v) is 3.00. The molecular formula is C11H12BrFO2. The predicted octanol–water partition coefficient (Wildman–Crippen LogP) is 3.05. The minimum atomic E-state index is -0.941. The molecule has 0 aromatic heterocycles. The fourth-order valence-corrected chi connectivity index (χ4v) is 1.82. The molecule has 1 atom stereocenters. The Morgan fingerprint density at radius 1 is 1.47 bits per heavy atom. The lowest BCUT2D eigenvalue weighted by Gasteiger charge is -2.11. The smallest absolute Gasteiger partial charge is 0.306 e. The van der Waals surface area contributed by atoms with E-state index in [-0.39, 0.29) is 6.42 Å². The van der Waals surface area contributed by atoms with Gasteiger partial charge in [-0.15, -0.1) is 0 Å². The van der Waals surface area contributed by atoms with Crippen LogP contribution in [-0.2, 0) is 11.2 Å². The number of alkyl halides is 1. The van der Waals surface area contributed by atoms with Gasteiger partial charge in [-0.1, -0.05) is 34.1 Å². The Labute approximate surface area is 96.2 Å². The normalized spacial score (nSPS) is 12.4. The summed E-state index contributed by atoms with van der Waals surface area (Å²) in [5.74, 6) is -1.59. The van der Waals surface area contributed by atoms with Gasteiger partial charge in [0.2, 0.25) is 0 Å². The van der Waals surface area contributed by atoms with Crippen LogP contribution in [0.5, 0.6) is 0 Å². The zero-order chi connectivity index (χ0) is 11.3. The maximum absolute atomic E-state index is 12.1. The van der Waals surface area contributed by atoms with E-state index in [1.54, 1.807) is 0 Å². The molecule has 0 aliphatic heterocycles. The van der Waals surface area contributed by atoms with Crippen LogP contribution < -0.4 is 0 Å². The van der Waals surface area contributed by atoms with E-state index in [9.17, 15) is 9.18 Å². The Balaban J connectivity index is 2.74. The van der Waals surface area contributed by atoms with Gasteiger partial charge >= 0.3 is 5.97 Å². The first-order chi connectivity index (χ1) is 7.15. The second kappa shape index (κ2) is 5.85. The lowest BCUT2D eigenvalue weighted by molar-refractivity contribution is -0.142. The Morgan fingerprint density at radius 2 is 2.13 bits per heavy atom. The van der Waals surface area contributed by atoms with Crippen molar-refractivity contribution in [3.05, 3.63) is 34.3 Å². The Kier molecular flexibility index (Phi) is 4.75. The van der Waals surface area contributed by atoms with E-state index in [0.717, 1.165) is 10.0 Å². The van der Waals surface area contributed by atoms with Gasteiger partial charge in [0.05, 0.1) is 12.6 Å². The van der Waals surface area contributed by atoms with E-state index in [4.69, 9.17) is 5.11 Å². The highest BCUT2D eigenvalue weighted by Crippen LogP contribution is 2.21. The second-order valence-corrected chi connectivity index (χ2v) is 4.16. The molecule has 0 radical (unpaired) electrons. The number of rotatable bonds is 5. The van der Waals surface area contributed by atoms with Crippen LogP contribution in [0.1, 0.15) is 12.0 Å². The average Bonchev–Trinajstić information content (AvgIpc) is 2.20. The number of carboxylic acids is 1. The molecule has 0 spiro atoms. The fourth-order valence-electron chi connectivity index (χ4n) is 1.37. The Hall–Kier alpha value is -0.900. The SMILES string of the molecule is O=C(O)C(CCF)Cc1ccccc1Br. The van der Waals surface area contributed by atoms with Gasteiger partial charge in [0, 0.05) is 4.47 Å². The molecule has 0 heterocycles. The lowest BCUT2D eigenvalue weighted by Crippen LogP contribution is -2.17. The molecule has 0 aliphatic rings. The molecule has 1 rings (SSSR count). The first-order valence-electron chi connectivity index (χ1n) is 4.67. The van der Waals surface area contributed by atoms with Crippen LogP contribution in [0.2, 0.25) is 0 Å². The van der Waals surface area contributed by atoms with Crippen LogP contribution in [0.4, 0.5) is 4.39 Å². The van der Waals surface area contributed by atoms with E-state index in [1.807, 2.05) is 24.3 Å². The number of carbonyl (C=O) groups is 1. The fraction of sp³-hybridized carbons (Fsp3) is 0.364. The monoisotopic (exact) mass is 274 g/mol. The first-order valence-corrected chi connectivity index (χ1v) is 5.46. The third-order valence-electron chi connectivity index (χ3n) is 2.23. The highest BCUT2D eigenvalue weighted by atomic mass is 79.9. The van der Waals surface area contributed by atoms with Gasteiger partial charge < -0.3 is 5.11 Å². The summed E-state index contributed by atoms with van der Waals surface area (Å²) >= 11 is 3.34. The van der Waals surface area contributed by atoms with Crippen molar-refractivity contribution in [2.45, 2.75) is 12.8 Å². The maximum atomic E-state index is 12.1. The predicted molar refractivity (Wildman–Crippen MR) is 59.6 cm³/mol. The van der Waals surface area contributed by atoms with Gasteiger partial charge in [-0.2, -0.15) is 0 Å². The van der Waals surface area contributed by atoms with Gasteiger partial charge in [-0.3, -0.25) is 9.18 Å². The number of hydrogen-bond acceptors (Lipinski definition) is 1. The zero-order valence-corrected chi connectivity index (χ0v) is 9.71. The summed E-state index contributed by atoms with van der Waals surface area (Å²) in [5, 5.41) is 8.87. The van der Waals surface area contributed by atoms with Crippen molar-refractivity contribution in [3.63, 3.8) is 0 Å². The molecule has 0 saturated heterocycles. The molecule has 4 heteroatoms. The molecule has 2 nitrogen and oxygen atoms in total. The number of carboxylic acid groups (broad SMARTS) is 1. The molecule has 0 saturated carbocycles. The van der Waals surface area contributed by atoms with Gasteiger partial charge in [-0.05, 0) is 24.5 Å². The molecule has 0 aliphatic carbocycles. The van der Waals surface area contributed by atoms with Crippen LogP contribution in [0.25, 0.3) is 0 Å². The maximum Gasteiger partial charge on any atom is 0.306 e. The standard InChI is InChI=1S/C11H12BrFO2/c12-10-4-2-1-3-8(10)7-9(5-6-13)11(14)15/h1-4,9H,5-7H2,(H,14,15). The molecule has 1 aromatic carbocycles. The van der Waals surface area contributed by atoms with Gasteiger partial charge in [0.1, 0.15) is 0 Å². The largest absolute Gasteiger partial charge is 0.481 e. The van der Waals surface area contributed by atoms with E-state index in [1.165, 1.54) is 0 Å². The Morgan fingerprint density at radius 3 is 2.67 bits per heavy atom. The summed E-state index contributed by atoms with van der Waals surface area (Å²) in [6, 6.07) is 7.40. The summed E-state index contributed by atoms with van der Waals surface area (Å²) in [7, 11) is 0. The Bertz CT molecular complexity index is 341. The minimum Gasteiger partial charge on any atom is -0.481 e. The second-order valence-electron chi connectivity index (χ2n) is 3.31. The molecular weight excluding hydrogens is 263 g/mol. The van der Waals surface area contributed by atoms with Crippen molar-refractivity contribution in [2.75, 3.05) is 6.67 Å². The van der Waals surface area contributed by atoms with Crippen molar-refractivity contribution < 1.29 is 14.3 Å². The molecule has 82 valence electrons. The highest BCUT2D eigenvalue weighted by Gasteiger charge is 2.18. The molecule has 15 heavy (non-hydrogen) atoms. The average molecular weight is 275 g/mol. The van der Waals surface area contributed by atoms with Crippen LogP contribution in [0, 0.1) is 5.92 Å². The lowest BCUT2D eigenvalue weighted by atomic mass is 9.97. The van der Waals surface area contributed by atoms with Gasteiger partial charge in [0.25, 0.3) is 0 Å². The van der Waals surface area contributed by atoms with Gasteiger partial charge in [0.15, 0.2) is 0 Å². The molecule has 0 fully saturated rings. The van der Waals surface area contributed by atoms with E-state index < -0.39 is 18.6 Å². The number of aliphatic carboxylic acids is 1. The number of benzene rings is 1. The third kappa shape index (κ3) is 3.63. The summed E-state index contributed by atoms with van der Waals surface area (Å²) in [5.41, 5.74) is 0.901. The molecule has 1 aromatic rings. The number of hydrogen-bond donors (Lipinski definition) is 1. The van der Waals surface area contributed by atoms with E-state index >= 15 is 0 Å². The number of halogens is 2. The molecule has 0 amide bonds. The summed E-state index contributed by atoms with van der Waals surface area (Å²) < 4.78 is 13.0. The van der Waals surface area contributed by atoms with Crippen molar-refractivity contribution >= 4 is 21.9 Å². The quantitative estimate of drug-likeness (QED) is 0.896. The van der Waals surface area contributed by atoms with Crippen molar-refractivity contribution in [3.8, 4) is 0 Å². The topological polar surface area (TPSA) is 37.3 Å². The van der Waals surface area contributed by atoms with Crippen molar-refractivity contribution in [1.29, 1.82) is 0 Å². The molecule has 1 unspecified atom stereocenters. The minimum absolute atomic E-state index is 0.0661. The summed E-state index contributed by atoms with van der Waals surface area (Å²) in [6.45, 7) is -0.596. The van der Waals surface area contributed by atoms with Crippen molar-refractivity contribution in [2.24, 2.45) is 5.92 Å². The molecule has 1 N–H and O–H groups in total. The zero-order valence-electron chi connectivity index (χ0n) is 8.12. The highest BCUT2D eigenvalue weighted by molar-refractivity contribution is 9.10. The molecule has 0 bridgehead atoms. The van der Waals surface area contributed by atoms with Crippen LogP contribution in [0.3, 0.4) is 0 Å².